The van der Waals surface area contributed by atoms with Crippen LogP contribution in [0.2, 0.25) is 5.02 Å². The highest BCUT2D eigenvalue weighted by Gasteiger charge is 2.28. The predicted molar refractivity (Wildman–Crippen MR) is 79.9 cm³/mol. The van der Waals surface area contributed by atoms with E-state index in [2.05, 4.69) is 27.2 Å². The number of para-hydroxylation sites is 1. The minimum absolute atomic E-state index is 0.576. The molecule has 1 aromatic carbocycles. The van der Waals surface area contributed by atoms with Crippen LogP contribution < -0.4 is 0 Å². The molecule has 0 saturated carbocycles. The number of rotatable bonds is 2. The molecule has 0 unspecified atom stereocenters. The van der Waals surface area contributed by atoms with Gasteiger partial charge in [0, 0.05) is 18.5 Å². The maximum atomic E-state index is 6.20. The molecule has 4 nitrogen and oxygen atoms in total. The van der Waals surface area contributed by atoms with Crippen LogP contribution >= 0.6 is 11.6 Å². The topological polar surface area (TPSA) is 41.1 Å². The highest BCUT2D eigenvalue weighted by Crippen LogP contribution is 2.30. The molecule has 0 spiro atoms. The highest BCUT2D eigenvalue weighted by atomic mass is 35.5. The Bertz CT molecular complexity index is 675. The molecule has 0 radical (unpaired) electrons. The largest absolute Gasteiger partial charge is 0.378 e. The lowest BCUT2D eigenvalue weighted by Crippen LogP contribution is -2.50. The van der Waals surface area contributed by atoms with Gasteiger partial charge in [-0.05, 0) is 18.1 Å². The first-order valence-corrected chi connectivity index (χ1v) is 7.34. The van der Waals surface area contributed by atoms with E-state index in [-0.39, 0.29) is 0 Å². The summed E-state index contributed by atoms with van der Waals surface area (Å²) >= 11 is 6.20. The average Bonchev–Trinajstić information content (AvgIpc) is 2.82. The van der Waals surface area contributed by atoms with Crippen LogP contribution in [0.4, 0.5) is 0 Å². The molecule has 1 fully saturated rings. The van der Waals surface area contributed by atoms with E-state index in [1.165, 1.54) is 5.57 Å². The molecular weight excluding hydrogens is 274 g/mol. The van der Waals surface area contributed by atoms with Crippen molar-refractivity contribution in [3.05, 3.63) is 35.0 Å². The van der Waals surface area contributed by atoms with Crippen molar-refractivity contribution in [1.82, 2.24) is 15.1 Å². The molecule has 20 heavy (non-hydrogen) atoms. The molecule has 4 rings (SSSR count). The Morgan fingerprint density at radius 3 is 3.05 bits per heavy atom. The SMILES string of the molecule is Clc1cccc2c(C3=CCCN(C4COC4)C3)n[nH]c12. The highest BCUT2D eigenvalue weighted by molar-refractivity contribution is 6.35. The third-order valence-corrected chi connectivity index (χ3v) is 4.48. The predicted octanol–water partition coefficient (Wildman–Crippen LogP) is 2.70. The van der Waals surface area contributed by atoms with Crippen molar-refractivity contribution < 1.29 is 4.74 Å². The van der Waals surface area contributed by atoms with Crippen LogP contribution in [0.5, 0.6) is 0 Å². The van der Waals surface area contributed by atoms with Crippen LogP contribution in [0.1, 0.15) is 12.1 Å². The number of nitrogens with one attached hydrogen (secondary N) is 1. The quantitative estimate of drug-likeness (QED) is 0.924. The van der Waals surface area contributed by atoms with Gasteiger partial charge < -0.3 is 4.74 Å². The van der Waals surface area contributed by atoms with Gasteiger partial charge in [0.1, 0.15) is 0 Å². The van der Waals surface area contributed by atoms with E-state index in [1.54, 1.807) is 0 Å². The monoisotopic (exact) mass is 289 g/mol. The number of fused-ring (bicyclic) bond motifs is 1. The van der Waals surface area contributed by atoms with Gasteiger partial charge in [0.25, 0.3) is 0 Å². The number of aromatic nitrogens is 2. The summed E-state index contributed by atoms with van der Waals surface area (Å²) in [6, 6.07) is 6.52. The van der Waals surface area contributed by atoms with Gasteiger partial charge in [-0.15, -0.1) is 0 Å². The van der Waals surface area contributed by atoms with E-state index in [0.29, 0.717) is 6.04 Å². The lowest BCUT2D eigenvalue weighted by atomic mass is 10.0. The first kappa shape index (κ1) is 12.4. The molecule has 2 aromatic rings. The first-order chi connectivity index (χ1) is 9.83. The molecule has 0 bridgehead atoms. The Kier molecular flexibility index (Phi) is 3.02. The Morgan fingerprint density at radius 1 is 1.35 bits per heavy atom. The van der Waals surface area contributed by atoms with Crippen LogP contribution in [-0.4, -0.2) is 47.4 Å². The van der Waals surface area contributed by atoms with Gasteiger partial charge in [-0.3, -0.25) is 10.00 Å². The zero-order valence-electron chi connectivity index (χ0n) is 11.1. The third kappa shape index (κ3) is 1.95. The average molecular weight is 290 g/mol. The van der Waals surface area contributed by atoms with Gasteiger partial charge >= 0.3 is 0 Å². The maximum absolute atomic E-state index is 6.20. The van der Waals surface area contributed by atoms with Crippen LogP contribution in [0.3, 0.4) is 0 Å². The molecule has 0 amide bonds. The summed E-state index contributed by atoms with van der Waals surface area (Å²) in [6.45, 7) is 3.78. The summed E-state index contributed by atoms with van der Waals surface area (Å²) in [5, 5.41) is 9.37. The van der Waals surface area contributed by atoms with Crippen molar-refractivity contribution in [3.63, 3.8) is 0 Å². The Labute approximate surface area is 122 Å². The lowest BCUT2D eigenvalue weighted by molar-refractivity contribution is -0.0607. The molecular formula is C15H16ClN3O. The number of halogens is 1. The van der Waals surface area contributed by atoms with E-state index >= 15 is 0 Å². The third-order valence-electron chi connectivity index (χ3n) is 4.17. The fourth-order valence-corrected chi connectivity index (χ4v) is 3.15. The second-order valence-electron chi connectivity index (χ2n) is 5.41. The standard InChI is InChI=1S/C15H16ClN3O/c16-13-5-1-4-12-14(17-18-15(12)13)10-3-2-6-19(7-10)11-8-20-9-11/h1,3-5,11H,2,6-9H2,(H,17,18). The Morgan fingerprint density at radius 2 is 2.25 bits per heavy atom. The minimum atomic E-state index is 0.576. The summed E-state index contributed by atoms with van der Waals surface area (Å²) in [5.74, 6) is 0. The summed E-state index contributed by atoms with van der Waals surface area (Å²) < 4.78 is 5.30. The summed E-state index contributed by atoms with van der Waals surface area (Å²) in [7, 11) is 0. The van der Waals surface area contributed by atoms with Gasteiger partial charge in [0.2, 0.25) is 0 Å². The normalized spacial score (nSPS) is 20.9. The molecule has 1 N–H and O–H groups in total. The second kappa shape index (κ2) is 4.88. The molecule has 2 aliphatic rings. The lowest BCUT2D eigenvalue weighted by Gasteiger charge is -2.39. The van der Waals surface area contributed by atoms with E-state index in [0.717, 1.165) is 54.3 Å². The smallest absolute Gasteiger partial charge is 0.0969 e. The van der Waals surface area contributed by atoms with Gasteiger partial charge in [0.05, 0.1) is 35.5 Å². The fourth-order valence-electron chi connectivity index (χ4n) is 2.94. The van der Waals surface area contributed by atoms with Gasteiger partial charge in [-0.2, -0.15) is 5.10 Å². The van der Waals surface area contributed by atoms with Crippen molar-refractivity contribution >= 4 is 28.1 Å². The number of benzene rings is 1. The van der Waals surface area contributed by atoms with E-state index < -0.39 is 0 Å². The molecule has 0 aliphatic carbocycles. The van der Waals surface area contributed by atoms with E-state index in [1.807, 2.05) is 12.1 Å². The number of H-pyrrole nitrogens is 1. The van der Waals surface area contributed by atoms with Gasteiger partial charge in [0.15, 0.2) is 0 Å². The molecule has 1 saturated heterocycles. The van der Waals surface area contributed by atoms with E-state index in [9.17, 15) is 0 Å². The van der Waals surface area contributed by atoms with E-state index in [4.69, 9.17) is 16.3 Å². The molecule has 0 atom stereocenters. The molecule has 3 heterocycles. The first-order valence-electron chi connectivity index (χ1n) is 6.97. The zero-order valence-corrected chi connectivity index (χ0v) is 11.9. The number of nitrogens with zero attached hydrogens (tertiary/aromatic N) is 2. The van der Waals surface area contributed by atoms with Crippen molar-refractivity contribution in [1.29, 1.82) is 0 Å². The van der Waals surface area contributed by atoms with Crippen LogP contribution in [0.25, 0.3) is 16.5 Å². The van der Waals surface area contributed by atoms with Crippen molar-refractivity contribution in [2.75, 3.05) is 26.3 Å². The summed E-state index contributed by atoms with van der Waals surface area (Å²) in [4.78, 5) is 2.49. The number of aromatic amines is 1. The molecule has 2 aliphatic heterocycles. The van der Waals surface area contributed by atoms with Crippen molar-refractivity contribution in [2.45, 2.75) is 12.5 Å². The summed E-state index contributed by atoms with van der Waals surface area (Å²) in [6.07, 6.45) is 3.37. The Balaban J connectivity index is 1.68. The minimum Gasteiger partial charge on any atom is -0.378 e. The molecule has 104 valence electrons. The Hall–Kier alpha value is -1.36. The van der Waals surface area contributed by atoms with Gasteiger partial charge in [-0.1, -0.05) is 29.8 Å². The van der Waals surface area contributed by atoms with Crippen molar-refractivity contribution in [2.24, 2.45) is 0 Å². The van der Waals surface area contributed by atoms with Crippen LogP contribution in [0, 0.1) is 0 Å². The summed E-state index contributed by atoms with van der Waals surface area (Å²) in [5.41, 5.74) is 3.25. The molecule has 5 heteroatoms. The zero-order chi connectivity index (χ0) is 13.5. The van der Waals surface area contributed by atoms with Crippen molar-refractivity contribution in [3.8, 4) is 0 Å². The fraction of sp³-hybridized carbons (Fsp3) is 0.400. The number of ether oxygens (including phenoxy) is 1. The number of hydrogen-bond donors (Lipinski definition) is 1. The molecule has 1 aromatic heterocycles. The van der Waals surface area contributed by atoms with Gasteiger partial charge in [-0.25, -0.2) is 0 Å². The number of hydrogen-bond acceptors (Lipinski definition) is 3. The van der Waals surface area contributed by atoms with Crippen LogP contribution in [-0.2, 0) is 4.74 Å². The second-order valence-corrected chi connectivity index (χ2v) is 5.82. The van der Waals surface area contributed by atoms with Crippen LogP contribution in [0.15, 0.2) is 24.3 Å². The maximum Gasteiger partial charge on any atom is 0.0969 e.